The maximum Gasteiger partial charge on any atom is 0.244 e. The Labute approximate surface area is 129 Å². The van der Waals surface area contributed by atoms with Gasteiger partial charge in [0.1, 0.15) is 10.7 Å². The third-order valence-corrected chi connectivity index (χ3v) is 4.44. The third kappa shape index (κ3) is 5.35. The number of nitrogens with one attached hydrogen (secondary N) is 2. The zero-order valence-electron chi connectivity index (χ0n) is 12.0. The number of aromatic nitrogens is 1. The Kier molecular flexibility index (Phi) is 6.87. The van der Waals surface area contributed by atoms with E-state index in [2.05, 4.69) is 31.0 Å². The number of pyridine rings is 1. The van der Waals surface area contributed by atoms with Crippen LogP contribution >= 0.6 is 15.9 Å². The summed E-state index contributed by atoms with van der Waals surface area (Å²) >= 11 is 3.25. The predicted molar refractivity (Wildman–Crippen MR) is 84.5 cm³/mol. The van der Waals surface area contributed by atoms with Crippen molar-refractivity contribution in [1.29, 1.82) is 0 Å². The highest BCUT2D eigenvalue weighted by Crippen LogP contribution is 2.22. The molecule has 0 radical (unpaired) electrons. The molecule has 0 bridgehead atoms. The fourth-order valence-corrected chi connectivity index (χ4v) is 3.32. The van der Waals surface area contributed by atoms with E-state index in [9.17, 15) is 8.42 Å². The van der Waals surface area contributed by atoms with Crippen LogP contribution < -0.4 is 10.0 Å². The summed E-state index contributed by atoms with van der Waals surface area (Å²) in [7, 11) is 0.352. The van der Waals surface area contributed by atoms with E-state index in [0.717, 1.165) is 13.0 Å². The molecule has 0 aliphatic rings. The molecule has 8 heteroatoms. The van der Waals surface area contributed by atoms with Crippen LogP contribution in [0.3, 0.4) is 0 Å². The zero-order chi connectivity index (χ0) is 15.2. The topological polar surface area (TPSA) is 74.3 Å². The number of halogens is 1. The van der Waals surface area contributed by atoms with E-state index in [0.29, 0.717) is 23.4 Å². The Bertz CT molecular complexity index is 534. The SMILES string of the molecule is CCNc1ncc(Br)cc1S(=O)(=O)NCCCN(C)C. The van der Waals surface area contributed by atoms with Crippen LogP contribution in [0.1, 0.15) is 13.3 Å². The van der Waals surface area contributed by atoms with Gasteiger partial charge in [-0.25, -0.2) is 18.1 Å². The summed E-state index contributed by atoms with van der Waals surface area (Å²) in [5, 5.41) is 2.96. The van der Waals surface area contributed by atoms with E-state index in [-0.39, 0.29) is 4.90 Å². The molecule has 1 rings (SSSR count). The van der Waals surface area contributed by atoms with E-state index in [4.69, 9.17) is 0 Å². The van der Waals surface area contributed by atoms with Crippen LogP contribution in [-0.2, 0) is 10.0 Å². The van der Waals surface area contributed by atoms with Crippen LogP contribution in [0.5, 0.6) is 0 Å². The smallest absolute Gasteiger partial charge is 0.244 e. The number of anilines is 1. The van der Waals surface area contributed by atoms with E-state index < -0.39 is 10.0 Å². The summed E-state index contributed by atoms with van der Waals surface area (Å²) in [6, 6.07) is 1.55. The minimum atomic E-state index is -3.56. The molecule has 0 unspecified atom stereocenters. The van der Waals surface area contributed by atoms with Gasteiger partial charge in [-0.15, -0.1) is 0 Å². The van der Waals surface area contributed by atoms with Crippen molar-refractivity contribution in [3.05, 3.63) is 16.7 Å². The summed E-state index contributed by atoms with van der Waals surface area (Å²) in [6.45, 7) is 3.74. The largest absolute Gasteiger partial charge is 0.369 e. The number of hydrogen-bond acceptors (Lipinski definition) is 5. The van der Waals surface area contributed by atoms with Crippen LogP contribution in [0.15, 0.2) is 21.6 Å². The predicted octanol–water partition coefficient (Wildman–Crippen LogP) is 1.51. The Morgan fingerprint density at radius 2 is 2.10 bits per heavy atom. The molecule has 0 saturated heterocycles. The average molecular weight is 365 g/mol. The van der Waals surface area contributed by atoms with Crippen molar-refractivity contribution in [3.8, 4) is 0 Å². The van der Waals surface area contributed by atoms with Crippen LogP contribution in [0, 0.1) is 0 Å². The van der Waals surface area contributed by atoms with Gasteiger partial charge in [-0.1, -0.05) is 0 Å². The van der Waals surface area contributed by atoms with Gasteiger partial charge in [0.25, 0.3) is 0 Å². The molecule has 6 nitrogen and oxygen atoms in total. The molecule has 2 N–H and O–H groups in total. The van der Waals surface area contributed by atoms with Gasteiger partial charge in [0.15, 0.2) is 0 Å². The number of sulfonamides is 1. The van der Waals surface area contributed by atoms with Crippen molar-refractivity contribution in [1.82, 2.24) is 14.6 Å². The third-order valence-electron chi connectivity index (χ3n) is 2.53. The molecule has 0 amide bonds. The van der Waals surface area contributed by atoms with Crippen molar-refractivity contribution in [2.75, 3.05) is 39.0 Å². The van der Waals surface area contributed by atoms with Crippen LogP contribution in [0.25, 0.3) is 0 Å². The normalized spacial score (nSPS) is 11.8. The lowest BCUT2D eigenvalue weighted by molar-refractivity contribution is 0.400. The molecule has 0 atom stereocenters. The second-order valence-electron chi connectivity index (χ2n) is 4.59. The molecule has 114 valence electrons. The summed E-state index contributed by atoms with van der Waals surface area (Å²) < 4.78 is 27.8. The van der Waals surface area contributed by atoms with Crippen molar-refractivity contribution in [3.63, 3.8) is 0 Å². The molecule has 1 aromatic rings. The van der Waals surface area contributed by atoms with Gasteiger partial charge in [-0.3, -0.25) is 0 Å². The van der Waals surface area contributed by atoms with Crippen molar-refractivity contribution in [2.45, 2.75) is 18.2 Å². The quantitative estimate of drug-likeness (QED) is 0.683. The second kappa shape index (κ2) is 7.92. The van der Waals surface area contributed by atoms with Gasteiger partial charge in [0.05, 0.1) is 0 Å². The van der Waals surface area contributed by atoms with E-state index >= 15 is 0 Å². The van der Waals surface area contributed by atoms with E-state index in [1.54, 1.807) is 12.3 Å². The summed E-state index contributed by atoms with van der Waals surface area (Å²) in [5.41, 5.74) is 0. The minimum Gasteiger partial charge on any atom is -0.369 e. The van der Waals surface area contributed by atoms with Gasteiger partial charge in [-0.05, 0) is 56.0 Å². The number of nitrogens with zero attached hydrogens (tertiary/aromatic N) is 2. The monoisotopic (exact) mass is 364 g/mol. The van der Waals surface area contributed by atoms with Crippen molar-refractivity contribution in [2.24, 2.45) is 0 Å². The van der Waals surface area contributed by atoms with Crippen molar-refractivity contribution >= 4 is 31.8 Å². The van der Waals surface area contributed by atoms with Gasteiger partial charge in [0, 0.05) is 23.8 Å². The van der Waals surface area contributed by atoms with Gasteiger partial charge < -0.3 is 10.2 Å². The molecular formula is C12H21BrN4O2S. The molecule has 1 aromatic heterocycles. The maximum atomic E-state index is 12.3. The minimum absolute atomic E-state index is 0.165. The summed E-state index contributed by atoms with van der Waals surface area (Å²) in [4.78, 5) is 6.28. The highest BCUT2D eigenvalue weighted by molar-refractivity contribution is 9.10. The lowest BCUT2D eigenvalue weighted by Gasteiger charge is -2.13. The summed E-state index contributed by atoms with van der Waals surface area (Å²) in [5.74, 6) is 0.371. The van der Waals surface area contributed by atoms with Crippen LogP contribution in [0.4, 0.5) is 5.82 Å². The van der Waals surface area contributed by atoms with Gasteiger partial charge >= 0.3 is 0 Å². The first-order chi connectivity index (χ1) is 9.36. The first-order valence-electron chi connectivity index (χ1n) is 6.40. The molecule has 0 aromatic carbocycles. The average Bonchev–Trinajstić information content (AvgIpc) is 2.37. The van der Waals surface area contributed by atoms with Crippen LogP contribution in [0.2, 0.25) is 0 Å². The first-order valence-corrected chi connectivity index (χ1v) is 8.68. The molecule has 0 fully saturated rings. The lowest BCUT2D eigenvalue weighted by atomic mass is 10.4. The van der Waals surface area contributed by atoms with Gasteiger partial charge in [-0.2, -0.15) is 0 Å². The fraction of sp³-hybridized carbons (Fsp3) is 0.583. The highest BCUT2D eigenvalue weighted by atomic mass is 79.9. The molecule has 0 aliphatic heterocycles. The van der Waals surface area contributed by atoms with E-state index in [1.807, 2.05) is 25.9 Å². The first kappa shape index (κ1) is 17.4. The van der Waals surface area contributed by atoms with E-state index in [1.165, 1.54) is 0 Å². The molecular weight excluding hydrogens is 344 g/mol. The molecule has 0 spiro atoms. The Morgan fingerprint density at radius 3 is 2.70 bits per heavy atom. The maximum absolute atomic E-state index is 12.3. The fourth-order valence-electron chi connectivity index (χ4n) is 1.61. The number of hydrogen-bond donors (Lipinski definition) is 2. The zero-order valence-corrected chi connectivity index (χ0v) is 14.4. The van der Waals surface area contributed by atoms with Gasteiger partial charge in [0.2, 0.25) is 10.0 Å². The molecule has 20 heavy (non-hydrogen) atoms. The Hall–Kier alpha value is -0.700. The highest BCUT2D eigenvalue weighted by Gasteiger charge is 2.19. The Morgan fingerprint density at radius 1 is 1.40 bits per heavy atom. The Balaban J connectivity index is 2.83. The lowest BCUT2D eigenvalue weighted by Crippen LogP contribution is -2.28. The standard InChI is InChI=1S/C12H21BrN4O2S/c1-4-14-12-11(8-10(13)9-15-12)20(18,19)16-6-5-7-17(2)3/h8-9,16H,4-7H2,1-3H3,(H,14,15). The summed E-state index contributed by atoms with van der Waals surface area (Å²) in [6.07, 6.45) is 2.33. The molecule has 1 heterocycles. The number of rotatable bonds is 8. The van der Waals surface area contributed by atoms with Crippen molar-refractivity contribution < 1.29 is 8.42 Å². The van der Waals surface area contributed by atoms with Crippen LogP contribution in [-0.4, -0.2) is 52.0 Å². The molecule has 0 aliphatic carbocycles. The second-order valence-corrected chi connectivity index (χ2v) is 7.24. The molecule has 0 saturated carbocycles.